The number of esters is 1. The van der Waals surface area contributed by atoms with E-state index >= 15 is 0 Å². The minimum absolute atomic E-state index is 0.208. The smallest absolute Gasteiger partial charge is 0.340 e. The van der Waals surface area contributed by atoms with Crippen LogP contribution in [0.4, 0.5) is 5.69 Å². The predicted molar refractivity (Wildman–Crippen MR) is 74.4 cm³/mol. The second-order valence-corrected chi connectivity index (χ2v) is 3.97. The molecule has 0 bridgehead atoms. The molecular formula is C16H13NO2. The van der Waals surface area contributed by atoms with Crippen LogP contribution < -0.4 is 5.73 Å². The Morgan fingerprint density at radius 3 is 2.58 bits per heavy atom. The Morgan fingerprint density at radius 1 is 1.16 bits per heavy atom. The molecule has 94 valence electrons. The molecule has 3 heteroatoms. The van der Waals surface area contributed by atoms with Crippen LogP contribution >= 0.6 is 0 Å². The number of nitrogen functional groups attached to an aromatic ring is 1. The van der Waals surface area contributed by atoms with Crippen LogP contribution in [0.25, 0.3) is 0 Å². The van der Waals surface area contributed by atoms with Gasteiger partial charge in [0, 0.05) is 5.56 Å². The van der Waals surface area contributed by atoms with Crippen molar-refractivity contribution in [3.05, 3.63) is 65.2 Å². The third-order valence-corrected chi connectivity index (χ3v) is 2.69. The first-order valence-electron chi connectivity index (χ1n) is 5.78. The molecule has 0 amide bonds. The van der Waals surface area contributed by atoms with Crippen LogP contribution in [0.15, 0.2) is 48.5 Å². The summed E-state index contributed by atoms with van der Waals surface area (Å²) in [6.45, 7) is 0.208. The zero-order valence-corrected chi connectivity index (χ0v) is 10.3. The Balaban J connectivity index is 2.11. The van der Waals surface area contributed by atoms with E-state index < -0.39 is 5.97 Å². The van der Waals surface area contributed by atoms with Crippen molar-refractivity contribution in [1.82, 2.24) is 0 Å². The SMILES string of the molecule is C#Cc1cccc(C(=O)OCc2ccccc2)c1N. The summed E-state index contributed by atoms with van der Waals surface area (Å²) in [6.07, 6.45) is 5.30. The number of nitrogens with two attached hydrogens (primary N) is 1. The van der Waals surface area contributed by atoms with E-state index in [0.29, 0.717) is 11.1 Å². The van der Waals surface area contributed by atoms with Gasteiger partial charge >= 0.3 is 5.97 Å². The van der Waals surface area contributed by atoms with Crippen LogP contribution in [0.2, 0.25) is 0 Å². The Kier molecular flexibility index (Phi) is 3.84. The van der Waals surface area contributed by atoms with Gasteiger partial charge in [0.2, 0.25) is 0 Å². The van der Waals surface area contributed by atoms with E-state index in [4.69, 9.17) is 16.9 Å². The molecule has 0 fully saturated rings. The van der Waals surface area contributed by atoms with Gasteiger partial charge in [-0.05, 0) is 17.7 Å². The number of hydrogen-bond acceptors (Lipinski definition) is 3. The van der Waals surface area contributed by atoms with Gasteiger partial charge in [-0.1, -0.05) is 42.3 Å². The van der Waals surface area contributed by atoms with Crippen LogP contribution in [0.5, 0.6) is 0 Å². The highest BCUT2D eigenvalue weighted by atomic mass is 16.5. The molecule has 0 heterocycles. The van der Waals surface area contributed by atoms with Crippen LogP contribution in [-0.2, 0) is 11.3 Å². The van der Waals surface area contributed by atoms with Gasteiger partial charge in [0.05, 0.1) is 11.3 Å². The molecule has 19 heavy (non-hydrogen) atoms. The van der Waals surface area contributed by atoms with Crippen molar-refractivity contribution >= 4 is 11.7 Å². The molecule has 2 N–H and O–H groups in total. The highest BCUT2D eigenvalue weighted by Gasteiger charge is 2.13. The summed E-state index contributed by atoms with van der Waals surface area (Å²) in [5, 5.41) is 0. The summed E-state index contributed by atoms with van der Waals surface area (Å²) in [4.78, 5) is 11.9. The lowest BCUT2D eigenvalue weighted by atomic mass is 10.1. The monoisotopic (exact) mass is 251 g/mol. The van der Waals surface area contributed by atoms with Crippen LogP contribution in [0, 0.1) is 12.3 Å². The van der Waals surface area contributed by atoms with Crippen molar-refractivity contribution < 1.29 is 9.53 Å². The maximum absolute atomic E-state index is 11.9. The molecule has 0 unspecified atom stereocenters. The second kappa shape index (κ2) is 5.74. The Hall–Kier alpha value is -2.73. The normalized spacial score (nSPS) is 9.63. The van der Waals surface area contributed by atoms with E-state index in [0.717, 1.165) is 5.56 Å². The summed E-state index contributed by atoms with van der Waals surface area (Å²) >= 11 is 0. The quantitative estimate of drug-likeness (QED) is 0.518. The highest BCUT2D eigenvalue weighted by molar-refractivity contribution is 5.96. The third-order valence-electron chi connectivity index (χ3n) is 2.69. The lowest BCUT2D eigenvalue weighted by Crippen LogP contribution is -2.09. The second-order valence-electron chi connectivity index (χ2n) is 3.97. The summed E-state index contributed by atoms with van der Waals surface area (Å²) < 4.78 is 5.21. The minimum atomic E-state index is -0.474. The van der Waals surface area contributed by atoms with E-state index in [9.17, 15) is 4.79 Å². The fourth-order valence-corrected chi connectivity index (χ4v) is 1.67. The average molecular weight is 251 g/mol. The highest BCUT2D eigenvalue weighted by Crippen LogP contribution is 2.18. The van der Waals surface area contributed by atoms with Gasteiger partial charge in [-0.2, -0.15) is 0 Å². The van der Waals surface area contributed by atoms with Gasteiger partial charge in [-0.3, -0.25) is 0 Å². The van der Waals surface area contributed by atoms with E-state index in [2.05, 4.69) is 5.92 Å². The van der Waals surface area contributed by atoms with Gasteiger partial charge in [-0.25, -0.2) is 4.79 Å². The first-order valence-corrected chi connectivity index (χ1v) is 5.78. The number of carbonyl (C=O) groups is 1. The minimum Gasteiger partial charge on any atom is -0.457 e. The molecule has 2 rings (SSSR count). The van der Waals surface area contributed by atoms with Crippen molar-refractivity contribution in [2.45, 2.75) is 6.61 Å². The fraction of sp³-hybridized carbons (Fsp3) is 0.0625. The summed E-state index contributed by atoms with van der Waals surface area (Å²) in [6, 6.07) is 14.4. The van der Waals surface area contributed by atoms with Crippen molar-refractivity contribution in [1.29, 1.82) is 0 Å². The largest absolute Gasteiger partial charge is 0.457 e. The Bertz CT molecular complexity index is 627. The molecule has 0 aliphatic carbocycles. The van der Waals surface area contributed by atoms with Gasteiger partial charge in [0.25, 0.3) is 0 Å². The molecule has 0 aliphatic heterocycles. The van der Waals surface area contributed by atoms with E-state index in [1.807, 2.05) is 30.3 Å². The van der Waals surface area contributed by atoms with E-state index in [1.54, 1.807) is 18.2 Å². The molecule has 0 atom stereocenters. The number of hydrogen-bond donors (Lipinski definition) is 1. The number of anilines is 1. The molecule has 0 spiro atoms. The topological polar surface area (TPSA) is 52.3 Å². The van der Waals surface area contributed by atoms with Gasteiger partial charge in [0.15, 0.2) is 0 Å². The van der Waals surface area contributed by atoms with Gasteiger partial charge in [-0.15, -0.1) is 6.42 Å². The number of para-hydroxylation sites is 1. The zero-order valence-electron chi connectivity index (χ0n) is 10.3. The molecule has 0 aliphatic rings. The molecular weight excluding hydrogens is 238 g/mol. The third kappa shape index (κ3) is 2.93. The lowest BCUT2D eigenvalue weighted by molar-refractivity contribution is 0.0474. The molecule has 0 saturated heterocycles. The summed E-state index contributed by atoms with van der Waals surface area (Å²) in [5.74, 6) is 1.96. The Labute approximate surface area is 112 Å². The van der Waals surface area contributed by atoms with Crippen LogP contribution in [0.1, 0.15) is 21.5 Å². The molecule has 0 aromatic heterocycles. The van der Waals surface area contributed by atoms with Crippen molar-refractivity contribution in [2.24, 2.45) is 0 Å². The fourth-order valence-electron chi connectivity index (χ4n) is 1.67. The number of ether oxygens (including phenoxy) is 1. The Morgan fingerprint density at radius 2 is 1.89 bits per heavy atom. The maximum Gasteiger partial charge on any atom is 0.340 e. The zero-order chi connectivity index (χ0) is 13.7. The first-order chi connectivity index (χ1) is 9.22. The molecule has 0 saturated carbocycles. The predicted octanol–water partition coefficient (Wildman–Crippen LogP) is 2.61. The first kappa shape index (κ1) is 12.7. The van der Waals surface area contributed by atoms with Gasteiger partial charge < -0.3 is 10.5 Å². The van der Waals surface area contributed by atoms with E-state index in [-0.39, 0.29) is 12.3 Å². The summed E-state index contributed by atoms with van der Waals surface area (Å²) in [5.41, 5.74) is 7.81. The van der Waals surface area contributed by atoms with Crippen LogP contribution in [0.3, 0.4) is 0 Å². The van der Waals surface area contributed by atoms with Crippen LogP contribution in [-0.4, -0.2) is 5.97 Å². The molecule has 3 nitrogen and oxygen atoms in total. The summed E-state index contributed by atoms with van der Waals surface area (Å²) in [7, 11) is 0. The number of rotatable bonds is 3. The number of carbonyl (C=O) groups excluding carboxylic acids is 1. The van der Waals surface area contributed by atoms with Crippen molar-refractivity contribution in [3.63, 3.8) is 0 Å². The van der Waals surface area contributed by atoms with E-state index in [1.165, 1.54) is 0 Å². The number of terminal acetylenes is 1. The average Bonchev–Trinajstić information content (AvgIpc) is 2.46. The number of benzene rings is 2. The molecule has 0 radical (unpaired) electrons. The lowest BCUT2D eigenvalue weighted by Gasteiger charge is -2.08. The van der Waals surface area contributed by atoms with Crippen molar-refractivity contribution in [2.75, 3.05) is 5.73 Å². The van der Waals surface area contributed by atoms with Gasteiger partial charge in [0.1, 0.15) is 6.61 Å². The van der Waals surface area contributed by atoms with Crippen molar-refractivity contribution in [3.8, 4) is 12.3 Å². The molecule has 2 aromatic carbocycles. The molecule has 2 aromatic rings. The standard InChI is InChI=1S/C16H13NO2/c1-2-13-9-6-10-14(15(13)17)16(18)19-11-12-7-4-3-5-8-12/h1,3-10H,11,17H2. The maximum atomic E-state index is 11.9.